The molecule has 0 saturated heterocycles. The molecule has 0 spiro atoms. The van der Waals surface area contributed by atoms with Gasteiger partial charge in [-0.1, -0.05) is 0 Å². The molecule has 0 aliphatic carbocycles. The third-order valence-corrected chi connectivity index (χ3v) is 9.29. The molecule has 12 heteroatoms. The lowest BCUT2D eigenvalue weighted by Crippen LogP contribution is -2.44. The summed E-state index contributed by atoms with van der Waals surface area (Å²) >= 11 is 0. The van der Waals surface area contributed by atoms with Crippen LogP contribution < -0.4 is 18.9 Å². The molecule has 0 radical (unpaired) electrons. The van der Waals surface area contributed by atoms with Gasteiger partial charge in [-0.3, -0.25) is 19.6 Å². The Bertz CT molecular complexity index is 1800. The fourth-order valence-electron chi connectivity index (χ4n) is 6.76. The molecule has 2 atom stereocenters. The van der Waals surface area contributed by atoms with E-state index in [0.29, 0.717) is 91.1 Å². The summed E-state index contributed by atoms with van der Waals surface area (Å²) in [5.41, 5.74) is 6.58. The average Bonchev–Trinajstić information content (AvgIpc) is 3.71. The van der Waals surface area contributed by atoms with Crippen LogP contribution in [0.15, 0.2) is 58.8 Å². The van der Waals surface area contributed by atoms with E-state index in [-0.39, 0.29) is 23.9 Å². The minimum absolute atomic E-state index is 0.0845. The van der Waals surface area contributed by atoms with Gasteiger partial charge in [-0.15, -0.1) is 0 Å². The molecule has 4 aliphatic rings. The van der Waals surface area contributed by atoms with Crippen LogP contribution in [-0.4, -0.2) is 83.5 Å². The summed E-state index contributed by atoms with van der Waals surface area (Å²) in [6.07, 6.45) is 9.43. The maximum Gasteiger partial charge on any atom is 0.257 e. The van der Waals surface area contributed by atoms with Crippen LogP contribution in [0, 0.1) is 0 Å². The van der Waals surface area contributed by atoms with Gasteiger partial charge in [0.25, 0.3) is 11.8 Å². The highest BCUT2D eigenvalue weighted by Crippen LogP contribution is 2.40. The summed E-state index contributed by atoms with van der Waals surface area (Å²) in [5.74, 6) is 1.75. The molecule has 8 rings (SSSR count). The van der Waals surface area contributed by atoms with Crippen LogP contribution >= 0.6 is 0 Å². The van der Waals surface area contributed by atoms with Crippen molar-refractivity contribution >= 4 is 35.6 Å². The first-order valence-corrected chi connectivity index (χ1v) is 15.7. The largest absolute Gasteiger partial charge is 0.493 e. The van der Waals surface area contributed by atoms with Gasteiger partial charge in [0.05, 0.1) is 62.0 Å². The Morgan fingerprint density at radius 1 is 0.702 bits per heavy atom. The van der Waals surface area contributed by atoms with Gasteiger partial charge in [-0.05, 0) is 35.4 Å². The molecule has 2 amide bonds. The van der Waals surface area contributed by atoms with Crippen molar-refractivity contribution in [3.63, 3.8) is 0 Å². The summed E-state index contributed by atoms with van der Waals surface area (Å²) in [6.45, 7) is 1.72. The zero-order valence-corrected chi connectivity index (χ0v) is 26.1. The highest BCUT2D eigenvalue weighted by Gasteiger charge is 2.35. The van der Waals surface area contributed by atoms with Crippen LogP contribution in [0.5, 0.6) is 23.0 Å². The van der Waals surface area contributed by atoms with Crippen LogP contribution in [0.4, 0.5) is 11.4 Å². The van der Waals surface area contributed by atoms with Gasteiger partial charge in [0.15, 0.2) is 23.0 Å². The number of aromatic amines is 2. The maximum atomic E-state index is 13.6. The Morgan fingerprint density at radius 2 is 1.17 bits per heavy atom. The Kier molecular flexibility index (Phi) is 7.19. The minimum Gasteiger partial charge on any atom is -0.493 e. The van der Waals surface area contributed by atoms with E-state index in [0.717, 1.165) is 22.5 Å². The summed E-state index contributed by atoms with van der Waals surface area (Å²) in [6, 6.07) is 10.7. The van der Waals surface area contributed by atoms with Crippen LogP contribution in [-0.2, 0) is 25.9 Å². The Labute approximate surface area is 271 Å². The Hall–Kier alpha value is -5.52. The van der Waals surface area contributed by atoms with Gasteiger partial charge in [-0.25, -0.2) is 0 Å². The molecule has 12 nitrogen and oxygen atoms in total. The number of nitrogens with zero attached hydrogens (tertiary/aromatic N) is 4. The molecular weight excluding hydrogens is 600 g/mol. The molecule has 0 saturated carbocycles. The molecule has 0 bridgehead atoms. The minimum atomic E-state index is -0.128. The predicted octanol–water partition coefficient (Wildman–Crippen LogP) is 4.77. The summed E-state index contributed by atoms with van der Waals surface area (Å²) in [5, 5.41) is 0. The van der Waals surface area contributed by atoms with E-state index in [9.17, 15) is 9.59 Å². The van der Waals surface area contributed by atoms with Crippen LogP contribution in [0.25, 0.3) is 0 Å². The van der Waals surface area contributed by atoms with Crippen molar-refractivity contribution in [2.75, 3.05) is 27.4 Å². The lowest BCUT2D eigenvalue weighted by molar-refractivity contribution is 0.0695. The zero-order valence-electron chi connectivity index (χ0n) is 26.1. The number of fused-ring (bicyclic) bond motifs is 6. The smallest absolute Gasteiger partial charge is 0.257 e. The first kappa shape index (κ1) is 28.9. The van der Waals surface area contributed by atoms with E-state index in [4.69, 9.17) is 18.9 Å². The van der Waals surface area contributed by atoms with Crippen molar-refractivity contribution < 1.29 is 28.5 Å². The fraction of sp³-hybridized carbons (Fsp3) is 0.314. The van der Waals surface area contributed by atoms with Crippen LogP contribution in [0.2, 0.25) is 0 Å². The Morgan fingerprint density at radius 3 is 1.62 bits per heavy atom. The van der Waals surface area contributed by atoms with Gasteiger partial charge in [0, 0.05) is 80.7 Å². The predicted molar refractivity (Wildman–Crippen MR) is 174 cm³/mol. The fourth-order valence-corrected chi connectivity index (χ4v) is 6.76. The van der Waals surface area contributed by atoms with Crippen molar-refractivity contribution in [3.8, 4) is 23.0 Å². The van der Waals surface area contributed by atoms with Crippen molar-refractivity contribution in [1.29, 1.82) is 0 Å². The zero-order chi connectivity index (χ0) is 32.1. The SMILES string of the molecule is COc1cc2c(cc1OCCCOc1cc3c(cc1OC)C(=O)N1Cc4cc[nH]c4C[C@H]1C=N3)N=C[C@@H]1Cc3[nH]ccc3CN1C2=O. The van der Waals surface area contributed by atoms with E-state index >= 15 is 0 Å². The van der Waals surface area contributed by atoms with Gasteiger partial charge >= 0.3 is 0 Å². The highest BCUT2D eigenvalue weighted by atomic mass is 16.5. The number of H-pyrrole nitrogens is 2. The monoisotopic (exact) mass is 634 g/mol. The first-order chi connectivity index (χ1) is 23.0. The maximum absolute atomic E-state index is 13.6. The third-order valence-electron chi connectivity index (χ3n) is 9.29. The van der Waals surface area contributed by atoms with Crippen molar-refractivity contribution in [2.45, 2.75) is 44.4 Å². The second-order valence-electron chi connectivity index (χ2n) is 12.0. The van der Waals surface area contributed by atoms with Gasteiger partial charge in [-0.2, -0.15) is 0 Å². The van der Waals surface area contributed by atoms with Crippen molar-refractivity contribution in [3.05, 3.63) is 82.4 Å². The number of ether oxygens (including phenoxy) is 4. The number of carbonyl (C=O) groups excluding carboxylic acids is 2. The molecule has 2 aromatic carbocycles. The number of aliphatic imine (C=N–C) groups is 2. The molecule has 2 aromatic heterocycles. The number of benzene rings is 2. The number of methoxy groups -OCH3 is 2. The summed E-state index contributed by atoms with van der Waals surface area (Å²) in [4.78, 5) is 46.8. The lowest BCUT2D eigenvalue weighted by atomic mass is 10.0. The summed E-state index contributed by atoms with van der Waals surface area (Å²) in [7, 11) is 3.11. The number of hydrogen-bond donors (Lipinski definition) is 2. The van der Waals surface area contributed by atoms with Gasteiger partial charge < -0.3 is 38.7 Å². The van der Waals surface area contributed by atoms with Gasteiger partial charge in [0.2, 0.25) is 0 Å². The van der Waals surface area contributed by atoms with E-state index in [1.165, 1.54) is 0 Å². The molecule has 0 unspecified atom stereocenters. The van der Waals surface area contributed by atoms with E-state index in [1.807, 2.05) is 46.8 Å². The third kappa shape index (κ3) is 5.09. The highest BCUT2D eigenvalue weighted by molar-refractivity contribution is 6.04. The van der Waals surface area contributed by atoms with E-state index < -0.39 is 0 Å². The number of hydrogen-bond acceptors (Lipinski definition) is 8. The summed E-state index contributed by atoms with van der Waals surface area (Å²) < 4.78 is 23.4. The number of amides is 2. The topological polar surface area (TPSA) is 134 Å². The van der Waals surface area contributed by atoms with Crippen molar-refractivity contribution in [1.82, 2.24) is 19.8 Å². The standard InChI is InChI=1S/C35H34N6O6/c1-44-30-12-24-28(38-16-22-10-26-20(4-6-36-26)18-40(22)34(24)42)14-32(30)46-8-3-9-47-33-15-29-25(13-31(33)45-2)35(43)41-19-21-5-7-37-27(21)11-23(41)17-39-29/h4-7,12-17,22-23,36-37H,3,8-11,18-19H2,1-2H3/t22-,23-/m0/s1. The molecule has 2 N–H and O–H groups in total. The lowest BCUT2D eigenvalue weighted by Gasteiger charge is -2.32. The molecule has 4 aliphatic heterocycles. The van der Waals surface area contributed by atoms with Crippen LogP contribution in [0.1, 0.15) is 49.7 Å². The first-order valence-electron chi connectivity index (χ1n) is 15.7. The second kappa shape index (κ2) is 11.7. The molecule has 47 heavy (non-hydrogen) atoms. The molecule has 4 aromatic rings. The van der Waals surface area contributed by atoms with Gasteiger partial charge in [0.1, 0.15) is 0 Å². The molecule has 240 valence electrons. The average molecular weight is 635 g/mol. The molecular formula is C35H34N6O6. The number of aromatic nitrogens is 2. The normalized spacial score (nSPS) is 19.0. The van der Waals surface area contributed by atoms with Crippen molar-refractivity contribution in [2.24, 2.45) is 9.98 Å². The Balaban J connectivity index is 0.932. The van der Waals surface area contributed by atoms with E-state index in [2.05, 4.69) is 20.0 Å². The number of rotatable bonds is 8. The van der Waals surface area contributed by atoms with Crippen LogP contribution in [0.3, 0.4) is 0 Å². The molecule has 0 fully saturated rings. The quantitative estimate of drug-likeness (QED) is 0.268. The molecule has 6 heterocycles. The number of carbonyl (C=O) groups is 2. The van der Waals surface area contributed by atoms with E-state index in [1.54, 1.807) is 38.5 Å². The number of nitrogens with one attached hydrogen (secondary N) is 2. The second-order valence-corrected chi connectivity index (χ2v) is 12.0.